The van der Waals surface area contributed by atoms with E-state index in [2.05, 4.69) is 16.0 Å². The molecule has 5 heteroatoms. The summed E-state index contributed by atoms with van der Waals surface area (Å²) in [4.78, 5) is 19.2. The molecule has 1 aromatic heterocycles. The van der Waals surface area contributed by atoms with Crippen molar-refractivity contribution in [3.8, 4) is 6.07 Å². The fraction of sp³-hybridized carbons (Fsp3) is 0.444. The minimum absolute atomic E-state index is 0.0823. The van der Waals surface area contributed by atoms with E-state index >= 15 is 0 Å². The largest absolute Gasteiger partial charge is 0.358 e. The summed E-state index contributed by atoms with van der Waals surface area (Å²) in [5, 5.41) is 8.62. The Bertz CT molecular complexity index is 392. The number of nitriles is 1. The maximum absolute atomic E-state index is 11.0. The van der Waals surface area contributed by atoms with Crippen molar-refractivity contribution < 1.29 is 0 Å². The summed E-state index contributed by atoms with van der Waals surface area (Å²) in [6, 6.07) is 3.53. The molecule has 5 nitrogen and oxygen atoms in total. The van der Waals surface area contributed by atoms with Gasteiger partial charge in [-0.1, -0.05) is 0 Å². The first-order chi connectivity index (χ1) is 6.63. The maximum atomic E-state index is 11.0. The molecule has 0 spiro atoms. The molecule has 1 unspecified atom stereocenters. The third-order valence-electron chi connectivity index (χ3n) is 1.82. The predicted molar refractivity (Wildman–Crippen MR) is 52.9 cm³/mol. The van der Waals surface area contributed by atoms with Crippen LogP contribution in [0.15, 0.2) is 17.2 Å². The Morgan fingerprint density at radius 1 is 1.79 bits per heavy atom. The molecule has 74 valence electrons. The van der Waals surface area contributed by atoms with Crippen LogP contribution in [0, 0.1) is 17.2 Å². The van der Waals surface area contributed by atoms with Crippen LogP contribution in [0.1, 0.15) is 6.92 Å². The van der Waals surface area contributed by atoms with Gasteiger partial charge in [-0.3, -0.25) is 4.79 Å². The number of aromatic nitrogens is 2. The van der Waals surface area contributed by atoms with Crippen molar-refractivity contribution in [2.24, 2.45) is 5.92 Å². The molecule has 1 atom stereocenters. The average molecular weight is 192 g/mol. The summed E-state index contributed by atoms with van der Waals surface area (Å²) in [6.45, 7) is 2.39. The van der Waals surface area contributed by atoms with Gasteiger partial charge in [0.1, 0.15) is 5.82 Å². The van der Waals surface area contributed by atoms with Crippen LogP contribution in [0.3, 0.4) is 0 Å². The van der Waals surface area contributed by atoms with Gasteiger partial charge in [-0.05, 0) is 6.92 Å². The molecule has 14 heavy (non-hydrogen) atoms. The minimum atomic E-state index is -0.188. The molecule has 0 saturated carbocycles. The van der Waals surface area contributed by atoms with Crippen molar-refractivity contribution in [3.63, 3.8) is 0 Å². The molecule has 0 amide bonds. The fourth-order valence-electron chi connectivity index (χ4n) is 1.11. The van der Waals surface area contributed by atoms with E-state index < -0.39 is 0 Å². The molecule has 1 aromatic rings. The molecule has 0 aliphatic rings. The van der Waals surface area contributed by atoms with Crippen LogP contribution >= 0.6 is 0 Å². The number of nitrogens with one attached hydrogen (secondary N) is 1. The van der Waals surface area contributed by atoms with Crippen LogP contribution < -0.4 is 10.5 Å². The highest BCUT2D eigenvalue weighted by Crippen LogP contribution is 2.05. The van der Waals surface area contributed by atoms with Gasteiger partial charge in [0.25, 0.3) is 5.56 Å². The number of hydrogen-bond acceptors (Lipinski definition) is 4. The third kappa shape index (κ3) is 2.59. The van der Waals surface area contributed by atoms with Gasteiger partial charge in [0, 0.05) is 19.7 Å². The first-order valence-electron chi connectivity index (χ1n) is 4.29. The average Bonchev–Trinajstić information content (AvgIpc) is 2.17. The van der Waals surface area contributed by atoms with E-state index in [0.717, 1.165) is 0 Å². The monoisotopic (exact) mass is 192 g/mol. The lowest BCUT2D eigenvalue weighted by Gasteiger charge is -2.18. The van der Waals surface area contributed by atoms with Crippen molar-refractivity contribution in [1.29, 1.82) is 5.26 Å². The van der Waals surface area contributed by atoms with Crippen molar-refractivity contribution in [3.05, 3.63) is 22.7 Å². The lowest BCUT2D eigenvalue weighted by Crippen LogP contribution is -2.25. The highest BCUT2D eigenvalue weighted by Gasteiger charge is 2.07. The van der Waals surface area contributed by atoms with E-state index in [1.165, 1.54) is 12.4 Å². The van der Waals surface area contributed by atoms with Crippen molar-refractivity contribution >= 4 is 5.82 Å². The second-order valence-electron chi connectivity index (χ2n) is 3.18. The summed E-state index contributed by atoms with van der Waals surface area (Å²) in [6.07, 6.45) is 1.35. The number of aromatic amines is 1. The Balaban J connectivity index is 2.75. The lowest BCUT2D eigenvalue weighted by atomic mass is 10.2. The molecule has 0 saturated heterocycles. The van der Waals surface area contributed by atoms with Gasteiger partial charge < -0.3 is 9.88 Å². The Morgan fingerprint density at radius 2 is 2.50 bits per heavy atom. The normalized spacial score (nSPS) is 11.8. The fourth-order valence-corrected chi connectivity index (χ4v) is 1.11. The summed E-state index contributed by atoms with van der Waals surface area (Å²) in [5.74, 6) is 0.497. The summed E-state index contributed by atoms with van der Waals surface area (Å²) >= 11 is 0. The Morgan fingerprint density at radius 3 is 3.07 bits per heavy atom. The first-order valence-corrected chi connectivity index (χ1v) is 4.29. The van der Waals surface area contributed by atoms with Crippen molar-refractivity contribution in [2.45, 2.75) is 6.92 Å². The Hall–Kier alpha value is -1.83. The zero-order chi connectivity index (χ0) is 10.6. The van der Waals surface area contributed by atoms with Crippen LogP contribution in [0.2, 0.25) is 0 Å². The van der Waals surface area contributed by atoms with Crippen molar-refractivity contribution in [1.82, 2.24) is 9.97 Å². The van der Waals surface area contributed by atoms with Gasteiger partial charge in [-0.2, -0.15) is 5.26 Å². The van der Waals surface area contributed by atoms with Gasteiger partial charge in [-0.15, -0.1) is 0 Å². The van der Waals surface area contributed by atoms with E-state index in [-0.39, 0.29) is 11.5 Å². The molecular formula is C9H12N4O. The molecule has 0 bridgehead atoms. The van der Waals surface area contributed by atoms with Crippen LogP contribution in [-0.2, 0) is 0 Å². The van der Waals surface area contributed by atoms with E-state index in [1.54, 1.807) is 11.9 Å². The molecule has 1 N–H and O–H groups in total. The number of H-pyrrole nitrogens is 1. The smallest absolute Gasteiger partial charge is 0.252 e. The van der Waals surface area contributed by atoms with Crippen molar-refractivity contribution in [2.75, 3.05) is 18.5 Å². The SMILES string of the molecule is CC(C#N)CN(C)c1cc(=O)[nH]cn1. The standard InChI is InChI=1S/C9H12N4O/c1-7(4-10)5-13(2)8-3-9(14)12-6-11-8/h3,6-7H,5H2,1-2H3,(H,11,12,14). The predicted octanol–water partition coefficient (Wildman–Crippen LogP) is 0.366. The van der Waals surface area contributed by atoms with E-state index in [0.29, 0.717) is 12.4 Å². The summed E-state index contributed by atoms with van der Waals surface area (Å²) in [5.41, 5.74) is -0.188. The number of anilines is 1. The molecule has 1 rings (SSSR count). The van der Waals surface area contributed by atoms with E-state index in [1.807, 2.05) is 6.92 Å². The number of nitrogens with zero attached hydrogens (tertiary/aromatic N) is 3. The molecule has 1 heterocycles. The topological polar surface area (TPSA) is 72.8 Å². The number of rotatable bonds is 3. The second-order valence-corrected chi connectivity index (χ2v) is 3.18. The lowest BCUT2D eigenvalue weighted by molar-refractivity contribution is 0.709. The highest BCUT2D eigenvalue weighted by atomic mass is 16.1. The Labute approximate surface area is 82.0 Å². The van der Waals surface area contributed by atoms with Crippen LogP contribution in [0.25, 0.3) is 0 Å². The van der Waals surface area contributed by atoms with E-state index in [9.17, 15) is 4.79 Å². The maximum Gasteiger partial charge on any atom is 0.252 e. The zero-order valence-corrected chi connectivity index (χ0v) is 8.19. The first kappa shape index (κ1) is 10.3. The molecular weight excluding hydrogens is 180 g/mol. The van der Waals surface area contributed by atoms with Gasteiger partial charge in [-0.25, -0.2) is 4.98 Å². The van der Waals surface area contributed by atoms with Gasteiger partial charge in [0.15, 0.2) is 0 Å². The molecule has 0 aliphatic heterocycles. The van der Waals surface area contributed by atoms with Crippen LogP contribution in [-0.4, -0.2) is 23.6 Å². The van der Waals surface area contributed by atoms with E-state index in [4.69, 9.17) is 5.26 Å². The third-order valence-corrected chi connectivity index (χ3v) is 1.82. The minimum Gasteiger partial charge on any atom is -0.358 e. The van der Waals surface area contributed by atoms with Gasteiger partial charge >= 0.3 is 0 Å². The van der Waals surface area contributed by atoms with Crippen LogP contribution in [0.5, 0.6) is 0 Å². The molecule has 0 radical (unpaired) electrons. The highest BCUT2D eigenvalue weighted by molar-refractivity contribution is 5.35. The summed E-state index contributed by atoms with van der Waals surface area (Å²) in [7, 11) is 1.80. The van der Waals surface area contributed by atoms with Gasteiger partial charge in [0.2, 0.25) is 0 Å². The quantitative estimate of drug-likeness (QED) is 0.750. The second kappa shape index (κ2) is 4.42. The summed E-state index contributed by atoms with van der Waals surface area (Å²) < 4.78 is 0. The number of hydrogen-bond donors (Lipinski definition) is 1. The van der Waals surface area contributed by atoms with Crippen LogP contribution in [0.4, 0.5) is 5.82 Å². The molecule has 0 aliphatic carbocycles. The molecule has 0 fully saturated rings. The molecule has 0 aromatic carbocycles. The van der Waals surface area contributed by atoms with Gasteiger partial charge in [0.05, 0.1) is 18.3 Å². The Kier molecular flexibility index (Phi) is 3.24. The zero-order valence-electron chi connectivity index (χ0n) is 8.19.